The minimum absolute atomic E-state index is 0.0830. The number of aliphatic hydroxyl groups excluding tert-OH is 1. The van der Waals surface area contributed by atoms with Gasteiger partial charge >= 0.3 is 0 Å². The van der Waals surface area contributed by atoms with Crippen LogP contribution in [0.1, 0.15) is 90.9 Å². The van der Waals surface area contributed by atoms with E-state index in [2.05, 4.69) is 13.8 Å². The molecular weight excluding hydrogens is 308 g/mol. The van der Waals surface area contributed by atoms with Crippen molar-refractivity contribution < 1.29 is 9.90 Å². The van der Waals surface area contributed by atoms with E-state index in [1.165, 1.54) is 51.4 Å². The first kappa shape index (κ1) is 16.8. The topological polar surface area (TPSA) is 37.3 Å². The molecule has 2 heteroatoms. The van der Waals surface area contributed by atoms with Crippen molar-refractivity contribution in [3.8, 4) is 0 Å². The molecule has 1 spiro atoms. The predicted molar refractivity (Wildman–Crippen MR) is 99.0 cm³/mol. The maximum atomic E-state index is 13.1. The van der Waals surface area contributed by atoms with Gasteiger partial charge in [-0.1, -0.05) is 13.8 Å². The highest BCUT2D eigenvalue weighted by atomic mass is 16.3. The van der Waals surface area contributed by atoms with Crippen LogP contribution in [0.2, 0.25) is 0 Å². The number of rotatable bonds is 0. The molecule has 5 aliphatic rings. The number of carbonyl (C=O) groups is 1. The first-order valence-electron chi connectivity index (χ1n) is 11.1. The summed E-state index contributed by atoms with van der Waals surface area (Å²) in [6.07, 6.45) is 14.2. The van der Waals surface area contributed by atoms with Crippen LogP contribution in [0.15, 0.2) is 0 Å². The summed E-state index contributed by atoms with van der Waals surface area (Å²) in [5.41, 5.74) is 0.787. The zero-order chi connectivity index (χ0) is 17.4. The summed E-state index contributed by atoms with van der Waals surface area (Å²) < 4.78 is 0. The third-order valence-corrected chi connectivity index (χ3v) is 10.5. The van der Waals surface area contributed by atoms with E-state index in [4.69, 9.17) is 0 Å². The van der Waals surface area contributed by atoms with E-state index in [-0.39, 0.29) is 11.5 Å². The normalized spacial score (nSPS) is 58.0. The molecule has 0 radical (unpaired) electrons. The van der Waals surface area contributed by atoms with Crippen molar-refractivity contribution in [2.75, 3.05) is 0 Å². The summed E-state index contributed by atoms with van der Waals surface area (Å²) in [5.74, 6) is 3.64. The average Bonchev–Trinajstić information content (AvgIpc) is 2.97. The van der Waals surface area contributed by atoms with Crippen molar-refractivity contribution in [3.05, 3.63) is 0 Å². The zero-order valence-corrected chi connectivity index (χ0v) is 16.2. The summed E-state index contributed by atoms with van der Waals surface area (Å²) in [7, 11) is 0. The molecule has 7 unspecified atom stereocenters. The Kier molecular flexibility index (Phi) is 3.58. The van der Waals surface area contributed by atoms with Crippen LogP contribution in [0, 0.1) is 39.9 Å². The van der Waals surface area contributed by atoms with E-state index < -0.39 is 0 Å². The maximum Gasteiger partial charge on any atom is 0.139 e. The highest BCUT2D eigenvalue weighted by Crippen LogP contribution is 2.71. The third kappa shape index (κ3) is 1.98. The van der Waals surface area contributed by atoms with Crippen molar-refractivity contribution >= 4 is 5.78 Å². The number of hydrogen-bond acceptors (Lipinski definition) is 2. The molecule has 25 heavy (non-hydrogen) atoms. The Morgan fingerprint density at radius 1 is 0.920 bits per heavy atom. The lowest BCUT2D eigenvalue weighted by Crippen LogP contribution is -2.60. The second-order valence-electron chi connectivity index (χ2n) is 11.0. The fraction of sp³-hybridized carbons (Fsp3) is 0.957. The number of Topliss-reactive ketones (excluding diaryl/α,β-unsaturated/α-hetero) is 1. The molecule has 0 aliphatic heterocycles. The van der Waals surface area contributed by atoms with Gasteiger partial charge in [-0.2, -0.15) is 0 Å². The van der Waals surface area contributed by atoms with E-state index in [0.717, 1.165) is 37.5 Å². The van der Waals surface area contributed by atoms with Crippen LogP contribution in [-0.4, -0.2) is 17.0 Å². The molecule has 0 aromatic carbocycles. The molecular formula is C23H36O2. The molecule has 0 aromatic heterocycles. The molecule has 0 saturated heterocycles. The zero-order valence-electron chi connectivity index (χ0n) is 16.2. The lowest BCUT2D eigenvalue weighted by molar-refractivity contribution is -0.179. The number of ketones is 1. The second kappa shape index (κ2) is 5.33. The molecule has 5 aliphatic carbocycles. The minimum Gasteiger partial charge on any atom is -0.393 e. The van der Waals surface area contributed by atoms with E-state index in [0.29, 0.717) is 28.4 Å². The minimum atomic E-state index is -0.0830. The summed E-state index contributed by atoms with van der Waals surface area (Å²) in [5, 5.41) is 10.3. The van der Waals surface area contributed by atoms with Crippen molar-refractivity contribution in [3.63, 3.8) is 0 Å². The molecule has 140 valence electrons. The van der Waals surface area contributed by atoms with Crippen LogP contribution in [0.25, 0.3) is 0 Å². The van der Waals surface area contributed by atoms with Crippen LogP contribution in [0.5, 0.6) is 0 Å². The van der Waals surface area contributed by atoms with Crippen LogP contribution >= 0.6 is 0 Å². The van der Waals surface area contributed by atoms with Gasteiger partial charge in [-0.25, -0.2) is 0 Å². The number of carbonyl (C=O) groups excluding carboxylic acids is 1. The molecule has 0 amide bonds. The van der Waals surface area contributed by atoms with Crippen molar-refractivity contribution in [2.24, 2.45) is 39.9 Å². The number of fused-ring (bicyclic) bond motifs is 4. The number of aliphatic hydroxyl groups is 1. The Morgan fingerprint density at radius 2 is 1.76 bits per heavy atom. The van der Waals surface area contributed by atoms with Gasteiger partial charge in [-0.05, 0) is 105 Å². The molecule has 0 heterocycles. The second-order valence-corrected chi connectivity index (χ2v) is 11.0. The highest BCUT2D eigenvalue weighted by Gasteiger charge is 2.66. The van der Waals surface area contributed by atoms with E-state index in [1.807, 2.05) is 0 Å². The Bertz CT molecular complexity index is 585. The molecule has 8 atom stereocenters. The van der Waals surface area contributed by atoms with Gasteiger partial charge in [0.15, 0.2) is 0 Å². The van der Waals surface area contributed by atoms with E-state index in [1.54, 1.807) is 0 Å². The fourth-order valence-electron chi connectivity index (χ4n) is 9.11. The highest BCUT2D eigenvalue weighted by molar-refractivity contribution is 5.86. The lowest BCUT2D eigenvalue weighted by atomic mass is 9.39. The van der Waals surface area contributed by atoms with Crippen molar-refractivity contribution in [1.82, 2.24) is 0 Å². The van der Waals surface area contributed by atoms with Gasteiger partial charge in [-0.3, -0.25) is 4.79 Å². The van der Waals surface area contributed by atoms with Crippen LogP contribution in [0.3, 0.4) is 0 Å². The van der Waals surface area contributed by atoms with Gasteiger partial charge in [0.2, 0.25) is 0 Å². The van der Waals surface area contributed by atoms with Crippen molar-refractivity contribution in [2.45, 2.75) is 97.0 Å². The predicted octanol–water partition coefficient (Wildman–Crippen LogP) is 5.13. The Labute approximate surface area is 153 Å². The molecule has 0 aromatic rings. The molecule has 2 nitrogen and oxygen atoms in total. The summed E-state index contributed by atoms with van der Waals surface area (Å²) in [6.45, 7) is 5.03. The Morgan fingerprint density at radius 3 is 2.60 bits per heavy atom. The fourth-order valence-corrected chi connectivity index (χ4v) is 9.11. The molecule has 5 saturated carbocycles. The van der Waals surface area contributed by atoms with Crippen LogP contribution in [-0.2, 0) is 4.79 Å². The van der Waals surface area contributed by atoms with Gasteiger partial charge in [-0.15, -0.1) is 0 Å². The Balaban J connectivity index is 1.50. The maximum absolute atomic E-state index is 13.1. The van der Waals surface area contributed by atoms with Crippen LogP contribution in [0.4, 0.5) is 0 Å². The van der Waals surface area contributed by atoms with Gasteiger partial charge in [0.25, 0.3) is 0 Å². The first-order valence-corrected chi connectivity index (χ1v) is 11.1. The van der Waals surface area contributed by atoms with Gasteiger partial charge in [0.1, 0.15) is 5.78 Å². The summed E-state index contributed by atoms with van der Waals surface area (Å²) in [4.78, 5) is 13.1. The lowest BCUT2D eigenvalue weighted by Gasteiger charge is -2.65. The third-order valence-electron chi connectivity index (χ3n) is 10.5. The van der Waals surface area contributed by atoms with Gasteiger partial charge in [0.05, 0.1) is 6.10 Å². The monoisotopic (exact) mass is 344 g/mol. The standard InChI is InChI=1S/C23H36O2/c1-21-11-9-17-18(22(21,2)12-8-16(24)14-21)10-13-23-15(6-7-19(17)23)4-3-5-20(23)25/h15-19,24H,3-14H2,1-2H3/t15?,16-,17?,18?,19?,21?,22?,23?/m1/s1. The summed E-state index contributed by atoms with van der Waals surface area (Å²) >= 11 is 0. The average molecular weight is 345 g/mol. The largest absolute Gasteiger partial charge is 0.393 e. The van der Waals surface area contributed by atoms with Gasteiger partial charge < -0.3 is 5.11 Å². The Hall–Kier alpha value is -0.370. The molecule has 1 N–H and O–H groups in total. The molecule has 5 fully saturated rings. The van der Waals surface area contributed by atoms with Crippen LogP contribution < -0.4 is 0 Å². The van der Waals surface area contributed by atoms with E-state index >= 15 is 0 Å². The van der Waals surface area contributed by atoms with Crippen molar-refractivity contribution in [1.29, 1.82) is 0 Å². The van der Waals surface area contributed by atoms with Gasteiger partial charge in [0, 0.05) is 11.8 Å². The quantitative estimate of drug-likeness (QED) is 0.661. The summed E-state index contributed by atoms with van der Waals surface area (Å²) in [6, 6.07) is 0. The van der Waals surface area contributed by atoms with E-state index in [9.17, 15) is 9.90 Å². The SMILES string of the molecule is CC12CCC3C4CCC5CCCC(=O)C54CCC3C1(C)CC[C@@H](O)C2. The molecule has 0 bridgehead atoms. The smallest absolute Gasteiger partial charge is 0.139 e. The molecule has 5 rings (SSSR count). The first-order chi connectivity index (χ1) is 11.9. The number of hydrogen-bond donors (Lipinski definition) is 1.